The third kappa shape index (κ3) is 0.711. The van der Waals surface area contributed by atoms with Gasteiger partial charge in [-0.2, -0.15) is 0 Å². The predicted octanol–water partition coefficient (Wildman–Crippen LogP) is -0.426. The van der Waals surface area contributed by atoms with Crippen LogP contribution in [0.3, 0.4) is 0 Å². The SMILES string of the molecule is C1=CNC2=NCN=C2NC=1. The minimum Gasteiger partial charge on any atom is -0.337 e. The molecule has 2 heterocycles. The normalized spacial score (nSPS) is 20.0. The molecule has 0 fully saturated rings. The molecule has 0 bridgehead atoms. The van der Waals surface area contributed by atoms with Gasteiger partial charge in [-0.25, -0.2) is 9.98 Å². The number of rotatable bonds is 0. The average Bonchev–Trinajstić information content (AvgIpc) is 2.28. The molecule has 2 aliphatic rings. The van der Waals surface area contributed by atoms with Crippen molar-refractivity contribution in [1.82, 2.24) is 10.6 Å². The highest BCUT2D eigenvalue weighted by molar-refractivity contribution is 6.41. The molecule has 0 aromatic carbocycles. The van der Waals surface area contributed by atoms with Crippen LogP contribution < -0.4 is 10.6 Å². The average molecular weight is 134 g/mol. The van der Waals surface area contributed by atoms with Crippen LogP contribution >= 0.6 is 0 Å². The van der Waals surface area contributed by atoms with E-state index in [0.717, 1.165) is 11.7 Å². The lowest BCUT2D eigenvalue weighted by Crippen LogP contribution is -2.31. The molecule has 0 aliphatic carbocycles. The van der Waals surface area contributed by atoms with Gasteiger partial charge in [0, 0.05) is 12.4 Å². The first-order valence-electron chi connectivity index (χ1n) is 2.98. The Balaban J connectivity index is 2.32. The van der Waals surface area contributed by atoms with E-state index in [4.69, 9.17) is 0 Å². The second-order valence-corrected chi connectivity index (χ2v) is 1.90. The topological polar surface area (TPSA) is 48.8 Å². The fraction of sp³-hybridized carbons (Fsp3) is 0.167. The zero-order chi connectivity index (χ0) is 6.81. The van der Waals surface area contributed by atoms with E-state index in [0.29, 0.717) is 6.67 Å². The maximum Gasteiger partial charge on any atom is 0.170 e. The first-order valence-corrected chi connectivity index (χ1v) is 2.98. The van der Waals surface area contributed by atoms with E-state index < -0.39 is 0 Å². The van der Waals surface area contributed by atoms with Crippen molar-refractivity contribution in [3.63, 3.8) is 0 Å². The molecular formula is C6H6N4. The molecular weight excluding hydrogens is 128 g/mol. The summed E-state index contributed by atoms with van der Waals surface area (Å²) in [6.45, 7) is 0.520. The Hall–Kier alpha value is -1.54. The van der Waals surface area contributed by atoms with E-state index in [2.05, 4.69) is 26.3 Å². The quantitative estimate of drug-likeness (QED) is 0.442. The van der Waals surface area contributed by atoms with Crippen molar-refractivity contribution in [2.75, 3.05) is 6.67 Å². The molecule has 4 heteroatoms. The van der Waals surface area contributed by atoms with Crippen molar-refractivity contribution < 1.29 is 0 Å². The Morgan fingerprint density at radius 2 is 1.80 bits per heavy atom. The molecule has 4 nitrogen and oxygen atoms in total. The molecule has 0 saturated carbocycles. The van der Waals surface area contributed by atoms with Crippen LogP contribution in [0.4, 0.5) is 0 Å². The fourth-order valence-corrected chi connectivity index (χ4v) is 0.816. The standard InChI is InChI=1S/C6H6N4/c1-2-7-5-6(8-3-1)10-4-9-5/h2-3H,4H2,(H,7,9)(H,8,10). The molecule has 0 radical (unpaired) electrons. The van der Waals surface area contributed by atoms with E-state index in [1.165, 1.54) is 0 Å². The smallest absolute Gasteiger partial charge is 0.170 e. The number of fused-ring (bicyclic) bond motifs is 1. The lowest BCUT2D eigenvalue weighted by atomic mass is 10.5. The van der Waals surface area contributed by atoms with Crippen molar-refractivity contribution in [3.8, 4) is 0 Å². The fourth-order valence-electron chi connectivity index (χ4n) is 0.816. The highest BCUT2D eigenvalue weighted by atomic mass is 15.2. The number of aliphatic imine (C=N–C) groups is 2. The van der Waals surface area contributed by atoms with Crippen LogP contribution in [-0.2, 0) is 0 Å². The maximum atomic E-state index is 4.07. The summed E-state index contributed by atoms with van der Waals surface area (Å²) >= 11 is 0. The maximum absolute atomic E-state index is 4.07. The first-order chi connectivity index (χ1) is 4.97. The van der Waals surface area contributed by atoms with Gasteiger partial charge < -0.3 is 10.6 Å². The molecule has 2 aliphatic heterocycles. The van der Waals surface area contributed by atoms with Gasteiger partial charge in [-0.3, -0.25) is 0 Å². The van der Waals surface area contributed by atoms with E-state index in [-0.39, 0.29) is 0 Å². The molecule has 0 aromatic rings. The Morgan fingerprint density at radius 3 is 2.40 bits per heavy atom. The third-order valence-electron chi connectivity index (χ3n) is 1.27. The number of nitrogens with zero attached hydrogens (tertiary/aromatic N) is 2. The highest BCUT2D eigenvalue weighted by Gasteiger charge is 2.11. The molecule has 50 valence electrons. The second-order valence-electron chi connectivity index (χ2n) is 1.90. The number of nitrogens with one attached hydrogen (secondary N) is 2. The first kappa shape index (κ1) is 5.26. The van der Waals surface area contributed by atoms with Crippen LogP contribution in [0.1, 0.15) is 0 Å². The molecule has 0 amide bonds. The summed E-state index contributed by atoms with van der Waals surface area (Å²) in [6.07, 6.45) is 3.39. The molecule has 0 aromatic heterocycles. The van der Waals surface area contributed by atoms with Crippen LogP contribution in [0.15, 0.2) is 28.1 Å². The molecule has 2 rings (SSSR count). The molecule has 0 saturated heterocycles. The zero-order valence-corrected chi connectivity index (χ0v) is 5.26. The van der Waals surface area contributed by atoms with E-state index in [1.807, 2.05) is 0 Å². The van der Waals surface area contributed by atoms with Gasteiger partial charge in [0.2, 0.25) is 0 Å². The van der Waals surface area contributed by atoms with Crippen molar-refractivity contribution >= 4 is 11.7 Å². The van der Waals surface area contributed by atoms with Crippen molar-refractivity contribution in [1.29, 1.82) is 0 Å². The minimum atomic E-state index is 0.520. The van der Waals surface area contributed by atoms with Gasteiger partial charge >= 0.3 is 0 Å². The molecule has 10 heavy (non-hydrogen) atoms. The summed E-state index contributed by atoms with van der Waals surface area (Å²) in [5.74, 6) is 1.59. The number of amidine groups is 2. The third-order valence-corrected chi connectivity index (χ3v) is 1.27. The van der Waals surface area contributed by atoms with Gasteiger partial charge in [0.25, 0.3) is 0 Å². The van der Waals surface area contributed by atoms with Crippen molar-refractivity contribution in [2.45, 2.75) is 0 Å². The van der Waals surface area contributed by atoms with Crippen LogP contribution in [0.25, 0.3) is 0 Å². The van der Waals surface area contributed by atoms with E-state index in [1.54, 1.807) is 12.4 Å². The van der Waals surface area contributed by atoms with Crippen LogP contribution in [0, 0.1) is 0 Å². The Kier molecular flexibility index (Phi) is 1.05. The summed E-state index contributed by atoms with van der Waals surface area (Å²) in [6, 6.07) is 0. The van der Waals surface area contributed by atoms with Gasteiger partial charge in [-0.1, -0.05) is 5.73 Å². The minimum absolute atomic E-state index is 0.520. The Morgan fingerprint density at radius 1 is 1.20 bits per heavy atom. The van der Waals surface area contributed by atoms with E-state index in [9.17, 15) is 0 Å². The summed E-state index contributed by atoms with van der Waals surface area (Å²) in [5.41, 5.74) is 2.84. The Labute approximate surface area is 58.1 Å². The van der Waals surface area contributed by atoms with Gasteiger partial charge in [0.15, 0.2) is 11.7 Å². The van der Waals surface area contributed by atoms with Gasteiger partial charge in [-0.15, -0.1) is 0 Å². The summed E-state index contributed by atoms with van der Waals surface area (Å²) in [5, 5.41) is 5.87. The summed E-state index contributed by atoms with van der Waals surface area (Å²) < 4.78 is 0. The van der Waals surface area contributed by atoms with Crippen LogP contribution in [0.2, 0.25) is 0 Å². The Bertz CT molecular complexity index is 243. The van der Waals surface area contributed by atoms with Crippen LogP contribution in [-0.4, -0.2) is 18.3 Å². The summed E-state index contributed by atoms with van der Waals surface area (Å²) in [4.78, 5) is 8.13. The predicted molar refractivity (Wildman–Crippen MR) is 38.7 cm³/mol. The lowest BCUT2D eigenvalue weighted by molar-refractivity contribution is 1.08. The molecule has 0 spiro atoms. The van der Waals surface area contributed by atoms with Gasteiger partial charge in [-0.05, 0) is 0 Å². The second kappa shape index (κ2) is 2.01. The van der Waals surface area contributed by atoms with Gasteiger partial charge in [0.1, 0.15) is 6.67 Å². The van der Waals surface area contributed by atoms with Crippen molar-refractivity contribution in [2.24, 2.45) is 9.98 Å². The largest absolute Gasteiger partial charge is 0.337 e. The lowest BCUT2D eigenvalue weighted by Gasteiger charge is -1.98. The monoisotopic (exact) mass is 134 g/mol. The number of hydrogen-bond acceptors (Lipinski definition) is 4. The summed E-state index contributed by atoms with van der Waals surface area (Å²) in [7, 11) is 0. The zero-order valence-electron chi connectivity index (χ0n) is 5.26. The molecule has 0 unspecified atom stereocenters. The molecule has 0 atom stereocenters. The van der Waals surface area contributed by atoms with Crippen molar-refractivity contribution in [3.05, 3.63) is 18.1 Å². The highest BCUT2D eigenvalue weighted by Crippen LogP contribution is 1.92. The number of hydrogen-bond donors (Lipinski definition) is 2. The van der Waals surface area contributed by atoms with E-state index >= 15 is 0 Å². The van der Waals surface area contributed by atoms with Crippen LogP contribution in [0.5, 0.6) is 0 Å². The van der Waals surface area contributed by atoms with Gasteiger partial charge in [0.05, 0.1) is 0 Å². The molecule has 2 N–H and O–H groups in total.